The zero-order valence-corrected chi connectivity index (χ0v) is 17.0. The number of carbonyl (C=O) groups excluding carboxylic acids is 2. The summed E-state index contributed by atoms with van der Waals surface area (Å²) in [5.74, 6) is -0.163. The van der Waals surface area contributed by atoms with Gasteiger partial charge in [0.25, 0.3) is 0 Å². The van der Waals surface area contributed by atoms with Crippen LogP contribution in [0.25, 0.3) is 0 Å². The second kappa shape index (κ2) is 10.1. The summed E-state index contributed by atoms with van der Waals surface area (Å²) in [5.41, 5.74) is -0.652. The van der Waals surface area contributed by atoms with Crippen molar-refractivity contribution in [3.63, 3.8) is 0 Å². The van der Waals surface area contributed by atoms with E-state index >= 15 is 0 Å². The van der Waals surface area contributed by atoms with Gasteiger partial charge in [0.1, 0.15) is 0 Å². The van der Waals surface area contributed by atoms with Crippen LogP contribution in [0, 0.1) is 0 Å². The molecule has 1 rings (SSSR count). The van der Waals surface area contributed by atoms with Crippen LogP contribution in [0.2, 0.25) is 0 Å². The van der Waals surface area contributed by atoms with Crippen molar-refractivity contribution in [3.8, 4) is 0 Å². The minimum atomic E-state index is -0.500. The van der Waals surface area contributed by atoms with Crippen LogP contribution in [0.1, 0.15) is 92.4 Å². The van der Waals surface area contributed by atoms with Gasteiger partial charge in [-0.25, -0.2) is 9.69 Å². The number of imide groups is 1. The number of ether oxygens (including phenoxy) is 1. The van der Waals surface area contributed by atoms with Crippen LogP contribution in [0.4, 0.5) is 4.79 Å². The minimum absolute atomic E-state index is 0.163. The lowest BCUT2D eigenvalue weighted by molar-refractivity contribution is -0.130. The van der Waals surface area contributed by atoms with Crippen LogP contribution in [0.3, 0.4) is 0 Å². The van der Waals surface area contributed by atoms with E-state index in [1.165, 1.54) is 43.4 Å². The lowest BCUT2D eigenvalue weighted by Crippen LogP contribution is -2.54. The largest absolute Gasteiger partial charge is 0.449 e. The Morgan fingerprint density at radius 1 is 1.00 bits per heavy atom. The quantitative estimate of drug-likeness (QED) is 0.613. The van der Waals surface area contributed by atoms with E-state index in [4.69, 9.17) is 4.74 Å². The third kappa shape index (κ3) is 8.70. The van der Waals surface area contributed by atoms with Crippen molar-refractivity contribution in [1.29, 1.82) is 0 Å². The minimum Gasteiger partial charge on any atom is -0.449 e. The van der Waals surface area contributed by atoms with Gasteiger partial charge in [0.2, 0.25) is 5.91 Å². The average Bonchev–Trinajstić information content (AvgIpc) is 2.57. The number of nitrogens with zero attached hydrogens (tertiary/aromatic N) is 1. The molecule has 0 atom stereocenters. The predicted octanol–water partition coefficient (Wildman–Crippen LogP) is 4.64. The van der Waals surface area contributed by atoms with Crippen LogP contribution in [0.15, 0.2) is 0 Å². The fourth-order valence-electron chi connectivity index (χ4n) is 3.60. The summed E-state index contributed by atoms with van der Waals surface area (Å²) in [5, 5.41) is 3.44. The van der Waals surface area contributed by atoms with E-state index in [0.29, 0.717) is 19.6 Å². The fraction of sp³-hybridized carbons (Fsp3) is 0.900. The predicted molar refractivity (Wildman–Crippen MR) is 102 cm³/mol. The first kappa shape index (κ1) is 21.9. The van der Waals surface area contributed by atoms with Gasteiger partial charge in [-0.15, -0.1) is 0 Å². The molecular formula is C20H38N2O3. The Bertz CT molecular complexity index is 433. The highest BCUT2D eigenvalue weighted by atomic mass is 16.6. The number of hydrogen-bond acceptors (Lipinski definition) is 4. The molecule has 0 radical (unpaired) electrons. The summed E-state index contributed by atoms with van der Waals surface area (Å²) in [6.45, 7) is 10.9. The molecular weight excluding hydrogens is 316 g/mol. The molecule has 0 aromatic carbocycles. The summed E-state index contributed by atoms with van der Waals surface area (Å²) < 4.78 is 5.35. The number of carbonyl (C=O) groups is 2. The van der Waals surface area contributed by atoms with Crippen LogP contribution in [0.5, 0.6) is 0 Å². The highest BCUT2D eigenvalue weighted by Gasteiger charge is 2.40. The lowest BCUT2D eigenvalue weighted by Gasteiger charge is -2.33. The molecule has 2 amide bonds. The summed E-state index contributed by atoms with van der Waals surface area (Å²) in [6.07, 6.45) is 9.41. The molecule has 146 valence electrons. The molecule has 1 aliphatic heterocycles. The molecule has 0 aromatic heterocycles. The first-order chi connectivity index (χ1) is 11.7. The van der Waals surface area contributed by atoms with Crippen LogP contribution in [-0.4, -0.2) is 41.1 Å². The van der Waals surface area contributed by atoms with Crippen molar-refractivity contribution >= 4 is 12.0 Å². The summed E-state index contributed by atoms with van der Waals surface area (Å²) in [4.78, 5) is 26.0. The van der Waals surface area contributed by atoms with Crippen molar-refractivity contribution in [2.75, 3.05) is 13.2 Å². The molecule has 0 aliphatic carbocycles. The highest BCUT2D eigenvalue weighted by molar-refractivity contribution is 5.92. The molecule has 1 aliphatic rings. The molecule has 0 spiro atoms. The molecule has 0 saturated carbocycles. The third-order valence-electron chi connectivity index (χ3n) is 4.57. The number of hydrogen-bond donors (Lipinski definition) is 1. The molecule has 0 unspecified atom stereocenters. The van der Waals surface area contributed by atoms with Gasteiger partial charge in [0, 0.05) is 24.0 Å². The second-order valence-corrected chi connectivity index (χ2v) is 8.64. The topological polar surface area (TPSA) is 58.6 Å². The van der Waals surface area contributed by atoms with E-state index in [9.17, 15) is 9.59 Å². The van der Waals surface area contributed by atoms with Gasteiger partial charge >= 0.3 is 6.09 Å². The van der Waals surface area contributed by atoms with Gasteiger partial charge in [0.05, 0.1) is 6.61 Å². The van der Waals surface area contributed by atoms with Crippen molar-refractivity contribution in [2.45, 2.75) is 103 Å². The van der Waals surface area contributed by atoms with Gasteiger partial charge in [0.15, 0.2) is 0 Å². The summed E-state index contributed by atoms with van der Waals surface area (Å²) in [6, 6.07) is 0. The van der Waals surface area contributed by atoms with E-state index in [1.54, 1.807) is 0 Å². The first-order valence-electron chi connectivity index (χ1n) is 9.93. The molecule has 1 N–H and O–H groups in total. The van der Waals surface area contributed by atoms with E-state index in [1.807, 2.05) is 27.7 Å². The maximum absolute atomic E-state index is 12.4. The molecule has 25 heavy (non-hydrogen) atoms. The van der Waals surface area contributed by atoms with Gasteiger partial charge in [-0.2, -0.15) is 0 Å². The normalized spacial score (nSPS) is 19.6. The van der Waals surface area contributed by atoms with Gasteiger partial charge in [-0.1, -0.05) is 51.9 Å². The van der Waals surface area contributed by atoms with Gasteiger partial charge in [-0.3, -0.25) is 4.79 Å². The molecule has 1 fully saturated rings. The standard InChI is InChI=1S/C20H38N2O3/c1-6-7-8-9-10-11-12-13-14-25-18(24)22-16-20(4,5)21-19(2,3)15-17(22)23/h21H,6-16H2,1-5H3. The van der Waals surface area contributed by atoms with Crippen LogP contribution >= 0.6 is 0 Å². The van der Waals surface area contributed by atoms with E-state index in [2.05, 4.69) is 12.2 Å². The Balaban J connectivity index is 2.30. The summed E-state index contributed by atoms with van der Waals surface area (Å²) in [7, 11) is 0. The number of unbranched alkanes of at least 4 members (excludes halogenated alkanes) is 7. The molecule has 5 nitrogen and oxygen atoms in total. The fourth-order valence-corrected chi connectivity index (χ4v) is 3.60. The zero-order chi connectivity index (χ0) is 18.9. The smallest absolute Gasteiger partial charge is 0.416 e. The molecule has 0 bridgehead atoms. The monoisotopic (exact) mass is 354 g/mol. The molecule has 5 heteroatoms. The Kier molecular flexibility index (Phi) is 8.91. The Morgan fingerprint density at radius 3 is 2.16 bits per heavy atom. The van der Waals surface area contributed by atoms with Crippen molar-refractivity contribution < 1.29 is 14.3 Å². The van der Waals surface area contributed by atoms with Crippen molar-refractivity contribution in [2.24, 2.45) is 0 Å². The second-order valence-electron chi connectivity index (χ2n) is 8.64. The molecule has 1 saturated heterocycles. The third-order valence-corrected chi connectivity index (χ3v) is 4.57. The molecule has 1 heterocycles. The number of nitrogens with one attached hydrogen (secondary N) is 1. The van der Waals surface area contributed by atoms with E-state index in [-0.39, 0.29) is 17.0 Å². The zero-order valence-electron chi connectivity index (χ0n) is 17.0. The SMILES string of the molecule is CCCCCCCCCCOC(=O)N1CC(C)(C)NC(C)(C)CC1=O. The Labute approximate surface area is 153 Å². The van der Waals surface area contributed by atoms with Crippen molar-refractivity contribution in [3.05, 3.63) is 0 Å². The lowest BCUT2D eigenvalue weighted by atomic mass is 9.96. The maximum Gasteiger partial charge on any atom is 0.416 e. The maximum atomic E-state index is 12.4. The molecule has 0 aromatic rings. The van der Waals surface area contributed by atoms with E-state index in [0.717, 1.165) is 12.8 Å². The average molecular weight is 355 g/mol. The van der Waals surface area contributed by atoms with Crippen molar-refractivity contribution in [1.82, 2.24) is 10.2 Å². The van der Waals surface area contributed by atoms with Gasteiger partial charge < -0.3 is 10.1 Å². The van der Waals surface area contributed by atoms with Gasteiger partial charge in [-0.05, 0) is 34.1 Å². The first-order valence-corrected chi connectivity index (χ1v) is 9.93. The number of amides is 2. The Morgan fingerprint density at radius 2 is 1.56 bits per heavy atom. The number of rotatable bonds is 9. The van der Waals surface area contributed by atoms with Crippen LogP contribution < -0.4 is 5.32 Å². The van der Waals surface area contributed by atoms with E-state index < -0.39 is 6.09 Å². The van der Waals surface area contributed by atoms with Crippen LogP contribution in [-0.2, 0) is 9.53 Å². The Hall–Kier alpha value is -1.10. The highest BCUT2D eigenvalue weighted by Crippen LogP contribution is 2.22. The summed E-state index contributed by atoms with van der Waals surface area (Å²) >= 11 is 0.